The standard InChI is InChI=1S/C13H12O4S2/c14-18(15)12-5-1-10(2-6-12)9-11-3-7-13(8-4-11)19(16)17/h1-8H,9H2,(H,14,15)(H,16,17)/p-2. The van der Waals surface area contributed by atoms with Crippen LogP contribution < -0.4 is 0 Å². The summed E-state index contributed by atoms with van der Waals surface area (Å²) >= 11 is -4.42. The van der Waals surface area contributed by atoms with Crippen molar-refractivity contribution < 1.29 is 17.5 Å². The van der Waals surface area contributed by atoms with Crippen molar-refractivity contribution in [3.63, 3.8) is 0 Å². The van der Waals surface area contributed by atoms with Gasteiger partial charge >= 0.3 is 0 Å². The highest BCUT2D eigenvalue weighted by molar-refractivity contribution is 7.79. The zero-order chi connectivity index (χ0) is 13.8. The summed E-state index contributed by atoms with van der Waals surface area (Å²) in [6.45, 7) is 0. The van der Waals surface area contributed by atoms with Crippen molar-refractivity contribution in [1.29, 1.82) is 0 Å². The Bertz CT molecular complexity index is 550. The van der Waals surface area contributed by atoms with Gasteiger partial charge in [0.1, 0.15) is 0 Å². The Hall–Kier alpha value is -1.34. The summed E-state index contributed by atoms with van der Waals surface area (Å²) < 4.78 is 42.9. The Morgan fingerprint density at radius 2 is 1.00 bits per heavy atom. The Morgan fingerprint density at radius 3 is 1.26 bits per heavy atom. The minimum atomic E-state index is -2.21. The van der Waals surface area contributed by atoms with Crippen molar-refractivity contribution in [3.05, 3.63) is 59.7 Å². The predicted octanol–water partition coefficient (Wildman–Crippen LogP) is 1.75. The van der Waals surface area contributed by atoms with Gasteiger partial charge in [-0.1, -0.05) is 24.3 Å². The van der Waals surface area contributed by atoms with Gasteiger partial charge in [-0.3, -0.25) is 8.42 Å². The van der Waals surface area contributed by atoms with Gasteiger partial charge in [0.25, 0.3) is 0 Å². The monoisotopic (exact) mass is 294 g/mol. The van der Waals surface area contributed by atoms with E-state index in [4.69, 9.17) is 0 Å². The fraction of sp³-hybridized carbons (Fsp3) is 0.0769. The largest absolute Gasteiger partial charge is 0.768 e. The third-order valence-electron chi connectivity index (χ3n) is 2.64. The lowest BCUT2D eigenvalue weighted by molar-refractivity contribution is 0.535. The summed E-state index contributed by atoms with van der Waals surface area (Å²) in [6.07, 6.45) is 0.623. The molecule has 0 fully saturated rings. The van der Waals surface area contributed by atoms with Crippen molar-refractivity contribution in [2.75, 3.05) is 0 Å². The van der Waals surface area contributed by atoms with Crippen molar-refractivity contribution in [2.24, 2.45) is 0 Å². The number of benzene rings is 2. The van der Waals surface area contributed by atoms with Crippen LogP contribution in [0.3, 0.4) is 0 Å². The fourth-order valence-corrected chi connectivity index (χ4v) is 2.39. The Kier molecular flexibility index (Phi) is 4.60. The lowest BCUT2D eigenvalue weighted by atomic mass is 10.1. The molecule has 0 aromatic heterocycles. The van der Waals surface area contributed by atoms with E-state index in [-0.39, 0.29) is 9.79 Å². The van der Waals surface area contributed by atoms with Crippen molar-refractivity contribution in [1.82, 2.24) is 0 Å². The van der Waals surface area contributed by atoms with Crippen LogP contribution >= 0.6 is 0 Å². The number of hydrogen-bond donors (Lipinski definition) is 0. The highest BCUT2D eigenvalue weighted by Gasteiger charge is 1.99. The number of rotatable bonds is 4. The van der Waals surface area contributed by atoms with E-state index in [1.54, 1.807) is 48.5 Å². The SMILES string of the molecule is O=S([O-])c1ccc(Cc2ccc(S(=O)[O-])cc2)cc1. The third-order valence-corrected chi connectivity index (χ3v) is 3.95. The van der Waals surface area contributed by atoms with Gasteiger partial charge in [-0.15, -0.1) is 0 Å². The smallest absolute Gasteiger partial charge is 0.0248 e. The minimum Gasteiger partial charge on any atom is -0.768 e. The highest BCUT2D eigenvalue weighted by Crippen LogP contribution is 2.14. The van der Waals surface area contributed by atoms with Crippen molar-refractivity contribution in [3.8, 4) is 0 Å². The predicted molar refractivity (Wildman–Crippen MR) is 70.1 cm³/mol. The molecule has 0 radical (unpaired) electrons. The summed E-state index contributed by atoms with van der Waals surface area (Å²) in [5.41, 5.74) is 1.93. The van der Waals surface area contributed by atoms with Gasteiger partial charge < -0.3 is 9.11 Å². The first-order valence-corrected chi connectivity index (χ1v) is 7.57. The van der Waals surface area contributed by atoms with Crippen LogP contribution in [0, 0.1) is 0 Å². The van der Waals surface area contributed by atoms with Gasteiger partial charge in [0.15, 0.2) is 0 Å². The average Bonchev–Trinajstić information content (AvgIpc) is 2.40. The quantitative estimate of drug-likeness (QED) is 0.805. The van der Waals surface area contributed by atoms with Crippen LogP contribution in [0.25, 0.3) is 0 Å². The van der Waals surface area contributed by atoms with Gasteiger partial charge in [0, 0.05) is 9.79 Å². The maximum atomic E-state index is 10.7. The molecule has 2 atom stereocenters. The zero-order valence-corrected chi connectivity index (χ0v) is 11.4. The molecule has 0 spiro atoms. The topological polar surface area (TPSA) is 80.3 Å². The molecule has 0 amide bonds. The Balaban J connectivity index is 2.12. The fourth-order valence-electron chi connectivity index (χ4n) is 1.67. The molecule has 0 aliphatic carbocycles. The van der Waals surface area contributed by atoms with Crippen LogP contribution in [0.5, 0.6) is 0 Å². The second kappa shape index (κ2) is 6.21. The highest BCUT2D eigenvalue weighted by atomic mass is 32.2. The van der Waals surface area contributed by atoms with E-state index in [9.17, 15) is 17.5 Å². The normalized spacial score (nSPS) is 14.0. The molecule has 0 aliphatic heterocycles. The summed E-state index contributed by atoms with van der Waals surface area (Å²) in [7, 11) is 0. The van der Waals surface area contributed by atoms with Crippen molar-refractivity contribution in [2.45, 2.75) is 16.2 Å². The average molecular weight is 294 g/mol. The molecule has 4 nitrogen and oxygen atoms in total. The maximum absolute atomic E-state index is 10.7. The first-order chi connectivity index (χ1) is 9.06. The van der Waals surface area contributed by atoms with E-state index in [0.29, 0.717) is 6.42 Å². The molecule has 0 saturated heterocycles. The molecule has 2 aromatic carbocycles. The molecule has 0 N–H and O–H groups in total. The van der Waals surface area contributed by atoms with E-state index in [1.165, 1.54) is 0 Å². The van der Waals surface area contributed by atoms with E-state index in [1.807, 2.05) is 0 Å². The summed E-state index contributed by atoms with van der Waals surface area (Å²) in [4.78, 5) is 0.502. The molecule has 0 saturated carbocycles. The Labute approximate surface area is 116 Å². The van der Waals surface area contributed by atoms with Gasteiger partial charge in [-0.25, -0.2) is 0 Å². The van der Waals surface area contributed by atoms with E-state index in [2.05, 4.69) is 0 Å². The number of hydrogen-bond acceptors (Lipinski definition) is 4. The molecule has 0 bridgehead atoms. The second-order valence-electron chi connectivity index (χ2n) is 3.93. The molecular weight excluding hydrogens is 284 g/mol. The second-order valence-corrected chi connectivity index (χ2v) is 5.82. The Morgan fingerprint density at radius 1 is 0.684 bits per heavy atom. The molecule has 0 aliphatic rings. The molecule has 19 heavy (non-hydrogen) atoms. The lowest BCUT2D eigenvalue weighted by Crippen LogP contribution is -1.93. The molecule has 2 aromatic rings. The van der Waals surface area contributed by atoms with Crippen molar-refractivity contribution >= 4 is 22.2 Å². The van der Waals surface area contributed by atoms with E-state index in [0.717, 1.165) is 11.1 Å². The molecule has 2 unspecified atom stereocenters. The van der Waals surface area contributed by atoms with Crippen LogP contribution in [-0.2, 0) is 28.6 Å². The molecule has 100 valence electrons. The van der Waals surface area contributed by atoms with Gasteiger partial charge in [0.05, 0.1) is 0 Å². The maximum Gasteiger partial charge on any atom is 0.0248 e. The summed E-state index contributed by atoms with van der Waals surface area (Å²) in [5.74, 6) is 0. The van der Waals surface area contributed by atoms with E-state index < -0.39 is 22.2 Å². The summed E-state index contributed by atoms with van der Waals surface area (Å²) in [5, 5.41) is 0. The van der Waals surface area contributed by atoms with Crippen LogP contribution in [0.2, 0.25) is 0 Å². The van der Waals surface area contributed by atoms with Gasteiger partial charge in [0.2, 0.25) is 0 Å². The first kappa shape index (κ1) is 14.1. The van der Waals surface area contributed by atoms with E-state index >= 15 is 0 Å². The van der Waals surface area contributed by atoms with Crippen LogP contribution in [0.1, 0.15) is 11.1 Å². The minimum absolute atomic E-state index is 0.251. The molecule has 0 heterocycles. The van der Waals surface area contributed by atoms with Crippen LogP contribution in [-0.4, -0.2) is 17.5 Å². The molecular formula is C13H10O4S2-2. The van der Waals surface area contributed by atoms with Crippen LogP contribution in [0.4, 0.5) is 0 Å². The van der Waals surface area contributed by atoms with Crippen LogP contribution in [0.15, 0.2) is 58.3 Å². The first-order valence-electron chi connectivity index (χ1n) is 5.42. The van der Waals surface area contributed by atoms with Gasteiger partial charge in [-0.05, 0) is 64.0 Å². The zero-order valence-electron chi connectivity index (χ0n) is 9.78. The summed E-state index contributed by atoms with van der Waals surface area (Å²) in [6, 6.07) is 13.1. The van der Waals surface area contributed by atoms with Gasteiger partial charge in [-0.2, -0.15) is 0 Å². The molecule has 2 rings (SSSR count). The third kappa shape index (κ3) is 3.81. The molecule has 6 heteroatoms. The lowest BCUT2D eigenvalue weighted by Gasteiger charge is -2.08.